The maximum absolute atomic E-state index is 12.7. The van der Waals surface area contributed by atoms with Crippen LogP contribution in [0.2, 0.25) is 5.02 Å². The third kappa shape index (κ3) is 3.48. The highest BCUT2D eigenvalue weighted by Gasteiger charge is 2.19. The Morgan fingerprint density at radius 3 is 2.79 bits per heavy atom. The van der Waals surface area contributed by atoms with E-state index in [0.717, 1.165) is 0 Å². The Morgan fingerprint density at radius 2 is 2.17 bits per heavy atom. The molecule has 6 nitrogen and oxygen atoms in total. The number of methoxy groups -OCH3 is 1. The molecule has 1 heterocycles. The molecule has 24 heavy (non-hydrogen) atoms. The van der Waals surface area contributed by atoms with Crippen molar-refractivity contribution in [1.29, 1.82) is 5.26 Å². The zero-order chi connectivity index (χ0) is 17.9. The minimum atomic E-state index is -0.537. The molecule has 0 aliphatic rings. The van der Waals surface area contributed by atoms with Crippen LogP contribution in [0.15, 0.2) is 35.3 Å². The van der Waals surface area contributed by atoms with E-state index in [1.165, 1.54) is 42.1 Å². The summed E-state index contributed by atoms with van der Waals surface area (Å²) in [6, 6.07) is 6.73. The standard InChI is InChI=1S/C17H15ClN2O4/c1-10(9-24-2)20-8-12(5-11(7-19)17(20)23)16(22)14-6-13(18)3-4-15(14)21/h3-6,8,10,21H,9H2,1-2H3/t10-/m0/s1. The fourth-order valence-corrected chi connectivity index (χ4v) is 2.47. The molecule has 1 N–H and O–H groups in total. The molecule has 0 radical (unpaired) electrons. The number of nitrogens with zero attached hydrogens (tertiary/aromatic N) is 2. The van der Waals surface area contributed by atoms with E-state index in [2.05, 4.69) is 0 Å². The molecule has 0 amide bonds. The topological polar surface area (TPSA) is 92.3 Å². The summed E-state index contributed by atoms with van der Waals surface area (Å²) in [6.45, 7) is 1.97. The van der Waals surface area contributed by atoms with Gasteiger partial charge in [-0.2, -0.15) is 5.26 Å². The predicted octanol–water partition coefficient (Wildman–Crippen LogP) is 2.52. The maximum Gasteiger partial charge on any atom is 0.268 e. The van der Waals surface area contributed by atoms with Crippen LogP contribution in [-0.4, -0.2) is 29.2 Å². The number of pyridine rings is 1. The van der Waals surface area contributed by atoms with Crippen molar-refractivity contribution in [2.75, 3.05) is 13.7 Å². The van der Waals surface area contributed by atoms with Crippen LogP contribution in [0.1, 0.15) is 34.5 Å². The van der Waals surface area contributed by atoms with Crippen molar-refractivity contribution in [2.24, 2.45) is 0 Å². The summed E-state index contributed by atoms with van der Waals surface area (Å²) < 4.78 is 6.30. The average molecular weight is 347 g/mol. The first-order valence-electron chi connectivity index (χ1n) is 7.07. The lowest BCUT2D eigenvalue weighted by atomic mass is 10.0. The Balaban J connectivity index is 2.60. The molecule has 124 valence electrons. The van der Waals surface area contributed by atoms with E-state index in [4.69, 9.17) is 21.6 Å². The lowest BCUT2D eigenvalue weighted by molar-refractivity contribution is 0.103. The molecule has 1 atom stereocenters. The van der Waals surface area contributed by atoms with Gasteiger partial charge in [0.15, 0.2) is 5.78 Å². The molecule has 2 aromatic rings. The number of benzene rings is 1. The van der Waals surface area contributed by atoms with Gasteiger partial charge in [0.05, 0.1) is 18.2 Å². The van der Waals surface area contributed by atoms with Crippen molar-refractivity contribution in [3.8, 4) is 11.8 Å². The van der Waals surface area contributed by atoms with Gasteiger partial charge in [-0.05, 0) is 31.2 Å². The second-order valence-corrected chi connectivity index (χ2v) is 5.70. The summed E-state index contributed by atoms with van der Waals surface area (Å²) in [5.74, 6) is -0.768. The summed E-state index contributed by atoms with van der Waals surface area (Å²) >= 11 is 5.87. The molecule has 2 rings (SSSR count). The van der Waals surface area contributed by atoms with Gasteiger partial charge in [-0.3, -0.25) is 9.59 Å². The van der Waals surface area contributed by atoms with E-state index in [-0.39, 0.29) is 40.1 Å². The molecule has 0 spiro atoms. The van der Waals surface area contributed by atoms with Gasteiger partial charge in [-0.25, -0.2) is 0 Å². The van der Waals surface area contributed by atoms with Crippen molar-refractivity contribution in [1.82, 2.24) is 4.57 Å². The zero-order valence-electron chi connectivity index (χ0n) is 13.1. The summed E-state index contributed by atoms with van der Waals surface area (Å²) in [7, 11) is 1.49. The maximum atomic E-state index is 12.7. The molecule has 0 bridgehead atoms. The number of nitriles is 1. The SMILES string of the molecule is COC[C@H](C)n1cc(C(=O)c2cc(Cl)ccc2O)cc(C#N)c1=O. The smallest absolute Gasteiger partial charge is 0.268 e. The molecule has 1 aromatic carbocycles. The molecule has 0 saturated heterocycles. The second-order valence-electron chi connectivity index (χ2n) is 5.26. The van der Waals surface area contributed by atoms with Crippen LogP contribution in [0, 0.1) is 11.3 Å². The predicted molar refractivity (Wildman–Crippen MR) is 88.6 cm³/mol. The van der Waals surface area contributed by atoms with Gasteiger partial charge in [-0.15, -0.1) is 0 Å². The van der Waals surface area contributed by atoms with Crippen molar-refractivity contribution in [3.05, 3.63) is 62.5 Å². The lowest BCUT2D eigenvalue weighted by Gasteiger charge is -2.16. The summed E-state index contributed by atoms with van der Waals surface area (Å²) in [5.41, 5.74) is -0.568. The minimum Gasteiger partial charge on any atom is -0.507 e. The summed E-state index contributed by atoms with van der Waals surface area (Å²) in [6.07, 6.45) is 1.36. The first kappa shape index (κ1) is 17.7. The van der Waals surface area contributed by atoms with E-state index >= 15 is 0 Å². The number of phenolic OH excluding ortho intramolecular Hbond substituents is 1. The number of ketones is 1. The molecule has 7 heteroatoms. The second kappa shape index (κ2) is 7.30. The number of carbonyl (C=O) groups is 1. The number of aromatic nitrogens is 1. The van der Waals surface area contributed by atoms with E-state index in [0.29, 0.717) is 0 Å². The highest BCUT2D eigenvalue weighted by molar-refractivity contribution is 6.31. The van der Waals surface area contributed by atoms with E-state index in [1.807, 2.05) is 0 Å². The van der Waals surface area contributed by atoms with Crippen molar-refractivity contribution >= 4 is 17.4 Å². The van der Waals surface area contributed by atoms with Gasteiger partial charge in [0.1, 0.15) is 17.4 Å². The third-order valence-electron chi connectivity index (χ3n) is 3.51. The molecule has 0 fully saturated rings. The Labute approximate surface area is 143 Å². The number of halogens is 1. The van der Waals surface area contributed by atoms with Crippen LogP contribution in [0.5, 0.6) is 5.75 Å². The summed E-state index contributed by atoms with van der Waals surface area (Å²) in [5, 5.41) is 19.3. The highest BCUT2D eigenvalue weighted by atomic mass is 35.5. The van der Waals surface area contributed by atoms with E-state index in [1.54, 1.807) is 13.0 Å². The fraction of sp³-hybridized carbons (Fsp3) is 0.235. The number of phenols is 1. The first-order chi connectivity index (χ1) is 11.4. The Morgan fingerprint density at radius 1 is 1.46 bits per heavy atom. The quantitative estimate of drug-likeness (QED) is 0.840. The monoisotopic (exact) mass is 346 g/mol. The molecular formula is C17H15ClN2O4. The number of aromatic hydroxyl groups is 1. The fourth-order valence-electron chi connectivity index (χ4n) is 2.30. The van der Waals surface area contributed by atoms with Gasteiger partial charge in [-0.1, -0.05) is 11.6 Å². The molecule has 0 aliphatic heterocycles. The molecular weight excluding hydrogens is 332 g/mol. The van der Waals surface area contributed by atoms with Gasteiger partial charge < -0.3 is 14.4 Å². The zero-order valence-corrected chi connectivity index (χ0v) is 13.9. The van der Waals surface area contributed by atoms with Gasteiger partial charge in [0.25, 0.3) is 5.56 Å². The highest BCUT2D eigenvalue weighted by Crippen LogP contribution is 2.24. The Hall–Kier alpha value is -2.62. The Kier molecular flexibility index (Phi) is 5.39. The molecule has 0 saturated carbocycles. The average Bonchev–Trinajstić information content (AvgIpc) is 2.56. The van der Waals surface area contributed by atoms with E-state index < -0.39 is 11.3 Å². The van der Waals surface area contributed by atoms with Crippen molar-refractivity contribution in [3.63, 3.8) is 0 Å². The van der Waals surface area contributed by atoms with Crippen LogP contribution in [-0.2, 0) is 4.74 Å². The number of rotatable bonds is 5. The Bertz CT molecular complexity index is 883. The molecule has 0 unspecified atom stereocenters. The number of hydrogen-bond donors (Lipinski definition) is 1. The van der Waals surface area contributed by atoms with Crippen molar-refractivity contribution in [2.45, 2.75) is 13.0 Å². The van der Waals surface area contributed by atoms with Crippen LogP contribution in [0.25, 0.3) is 0 Å². The molecule has 1 aromatic heterocycles. The van der Waals surface area contributed by atoms with Crippen molar-refractivity contribution < 1.29 is 14.6 Å². The van der Waals surface area contributed by atoms with Crippen LogP contribution in [0.4, 0.5) is 0 Å². The minimum absolute atomic E-state index is 0.00372. The van der Waals surface area contributed by atoms with Gasteiger partial charge >= 0.3 is 0 Å². The third-order valence-corrected chi connectivity index (χ3v) is 3.75. The lowest BCUT2D eigenvalue weighted by Crippen LogP contribution is -2.28. The van der Waals surface area contributed by atoms with Crippen LogP contribution < -0.4 is 5.56 Å². The first-order valence-corrected chi connectivity index (χ1v) is 7.45. The van der Waals surface area contributed by atoms with Crippen LogP contribution in [0.3, 0.4) is 0 Å². The van der Waals surface area contributed by atoms with Gasteiger partial charge in [0.2, 0.25) is 0 Å². The summed E-state index contributed by atoms with van der Waals surface area (Å²) in [4.78, 5) is 24.9. The van der Waals surface area contributed by atoms with E-state index in [9.17, 15) is 14.7 Å². The number of carbonyl (C=O) groups excluding carboxylic acids is 1. The number of hydrogen-bond acceptors (Lipinski definition) is 5. The van der Waals surface area contributed by atoms with Gasteiger partial charge in [0, 0.05) is 23.9 Å². The van der Waals surface area contributed by atoms with Crippen LogP contribution >= 0.6 is 11.6 Å². The molecule has 0 aliphatic carbocycles. The number of ether oxygens (including phenoxy) is 1. The normalized spacial score (nSPS) is 11.8. The largest absolute Gasteiger partial charge is 0.507 e.